The number of nitrogens with two attached hydrogens (primary N) is 1. The maximum atomic E-state index is 11.4. The van der Waals surface area contributed by atoms with Crippen LogP contribution in [-0.4, -0.2) is 39.8 Å². The van der Waals surface area contributed by atoms with Crippen LogP contribution < -0.4 is 10.5 Å². The molecule has 0 saturated heterocycles. The van der Waals surface area contributed by atoms with Gasteiger partial charge in [0.2, 0.25) is 5.96 Å². The van der Waals surface area contributed by atoms with Gasteiger partial charge in [0.05, 0.1) is 23.9 Å². The minimum absolute atomic E-state index is 0.0649. The monoisotopic (exact) mass is 377 g/mol. The fourth-order valence-electron chi connectivity index (χ4n) is 2.77. The van der Waals surface area contributed by atoms with Gasteiger partial charge in [0, 0.05) is 16.7 Å². The first-order valence-electron chi connectivity index (χ1n) is 8.43. The number of guanidine groups is 1. The fraction of sp³-hybridized carbons (Fsp3) is 0.150. The minimum Gasteiger partial charge on any atom is -0.497 e. The summed E-state index contributed by atoms with van der Waals surface area (Å²) in [6, 6.07) is 12.0. The van der Waals surface area contributed by atoms with E-state index in [1.54, 1.807) is 38.3 Å². The average molecular weight is 377 g/mol. The number of carboxylic acid groups (broad SMARTS) is 1. The van der Waals surface area contributed by atoms with Crippen molar-refractivity contribution in [3.05, 3.63) is 59.3 Å². The second-order valence-electron chi connectivity index (χ2n) is 6.01. The quantitative estimate of drug-likeness (QED) is 0.532. The number of rotatable bonds is 4. The van der Waals surface area contributed by atoms with Gasteiger partial charge in [-0.25, -0.2) is 19.8 Å². The van der Waals surface area contributed by atoms with Gasteiger partial charge in [-0.05, 0) is 38.1 Å². The highest BCUT2D eigenvalue weighted by Gasteiger charge is 2.12. The van der Waals surface area contributed by atoms with Gasteiger partial charge in [0.25, 0.3) is 5.95 Å². The summed E-state index contributed by atoms with van der Waals surface area (Å²) in [5.41, 5.74) is 8.40. The normalized spacial score (nSPS) is 12.2. The second-order valence-corrected chi connectivity index (χ2v) is 6.01. The van der Waals surface area contributed by atoms with Crippen LogP contribution in [0.1, 0.15) is 28.5 Å². The topological polar surface area (TPSA) is 123 Å². The summed E-state index contributed by atoms with van der Waals surface area (Å²) >= 11 is 0. The maximum Gasteiger partial charge on any atom is 0.336 e. The minimum atomic E-state index is -1.04. The molecule has 1 heterocycles. The van der Waals surface area contributed by atoms with Crippen molar-refractivity contribution >= 4 is 34.5 Å². The molecule has 0 aliphatic rings. The van der Waals surface area contributed by atoms with Crippen LogP contribution in [0, 0.1) is 6.92 Å². The number of benzene rings is 2. The van der Waals surface area contributed by atoms with Crippen LogP contribution in [0.15, 0.2) is 52.4 Å². The largest absolute Gasteiger partial charge is 0.497 e. The summed E-state index contributed by atoms with van der Waals surface area (Å²) in [7, 11) is 1.60. The molecule has 2 aromatic carbocycles. The highest BCUT2D eigenvalue weighted by molar-refractivity contribution is 6.11. The summed E-state index contributed by atoms with van der Waals surface area (Å²) in [5.74, 6) is -0.211. The van der Waals surface area contributed by atoms with Crippen LogP contribution in [-0.2, 0) is 0 Å². The predicted molar refractivity (Wildman–Crippen MR) is 108 cm³/mol. The molecule has 0 radical (unpaired) electrons. The summed E-state index contributed by atoms with van der Waals surface area (Å²) in [6.07, 6.45) is 0. The molecule has 3 rings (SSSR count). The lowest BCUT2D eigenvalue weighted by molar-refractivity contribution is 0.0696. The molecule has 142 valence electrons. The molecule has 0 unspecified atom stereocenters. The Bertz CT molecular complexity index is 1120. The van der Waals surface area contributed by atoms with Gasteiger partial charge in [0.15, 0.2) is 0 Å². The molecular formula is C20H19N5O3. The molecule has 0 spiro atoms. The lowest BCUT2D eigenvalue weighted by Crippen LogP contribution is -2.13. The highest BCUT2D eigenvalue weighted by Crippen LogP contribution is 2.23. The molecule has 0 fully saturated rings. The van der Waals surface area contributed by atoms with E-state index in [1.807, 2.05) is 19.1 Å². The summed E-state index contributed by atoms with van der Waals surface area (Å²) in [6.45, 7) is 3.51. The smallest absolute Gasteiger partial charge is 0.336 e. The number of aliphatic imine (C=N–C) groups is 2. The van der Waals surface area contributed by atoms with Crippen molar-refractivity contribution in [2.24, 2.45) is 15.7 Å². The number of carbonyl (C=O) groups is 1. The molecule has 8 heteroatoms. The van der Waals surface area contributed by atoms with Crippen LogP contribution >= 0.6 is 0 Å². The summed E-state index contributed by atoms with van der Waals surface area (Å²) < 4.78 is 5.22. The number of aryl methyl sites for hydroxylation is 1. The molecule has 0 aliphatic carbocycles. The number of methoxy groups -OCH3 is 1. The first kappa shape index (κ1) is 19.0. The Balaban J connectivity index is 1.97. The van der Waals surface area contributed by atoms with E-state index in [2.05, 4.69) is 20.0 Å². The van der Waals surface area contributed by atoms with E-state index >= 15 is 0 Å². The van der Waals surface area contributed by atoms with Gasteiger partial charge >= 0.3 is 5.97 Å². The maximum absolute atomic E-state index is 11.4. The van der Waals surface area contributed by atoms with Crippen molar-refractivity contribution in [1.82, 2.24) is 9.97 Å². The van der Waals surface area contributed by atoms with Gasteiger partial charge in [-0.15, -0.1) is 0 Å². The second kappa shape index (κ2) is 7.83. The lowest BCUT2D eigenvalue weighted by Gasteiger charge is -2.06. The van der Waals surface area contributed by atoms with Crippen molar-refractivity contribution in [2.75, 3.05) is 7.11 Å². The number of nitrogens with zero attached hydrogens (tertiary/aromatic N) is 4. The van der Waals surface area contributed by atoms with E-state index < -0.39 is 5.97 Å². The van der Waals surface area contributed by atoms with E-state index in [0.29, 0.717) is 22.5 Å². The Labute approximate surface area is 161 Å². The van der Waals surface area contributed by atoms with Crippen LogP contribution in [0.25, 0.3) is 10.9 Å². The number of carboxylic acids is 1. The Morgan fingerprint density at radius 1 is 1.14 bits per heavy atom. The molecule has 1 aromatic heterocycles. The third-order valence-electron chi connectivity index (χ3n) is 4.13. The third-order valence-corrected chi connectivity index (χ3v) is 4.13. The molecule has 3 N–H and O–H groups in total. The molecule has 0 bridgehead atoms. The Morgan fingerprint density at radius 2 is 1.86 bits per heavy atom. The number of aromatic carboxylic acids is 1. The SMILES string of the molecule is COc1ccc2nc(/N=C(N)/N=C(\C)c3ccccc3C(=O)O)nc(C)c2c1. The van der Waals surface area contributed by atoms with Crippen molar-refractivity contribution in [3.63, 3.8) is 0 Å². The van der Waals surface area contributed by atoms with Crippen LogP contribution in [0.4, 0.5) is 5.95 Å². The zero-order valence-corrected chi connectivity index (χ0v) is 15.7. The zero-order chi connectivity index (χ0) is 20.3. The summed E-state index contributed by atoms with van der Waals surface area (Å²) in [4.78, 5) is 28.5. The Hall–Kier alpha value is -3.81. The molecule has 3 aromatic rings. The van der Waals surface area contributed by atoms with Crippen molar-refractivity contribution < 1.29 is 14.6 Å². The number of aromatic nitrogens is 2. The zero-order valence-electron chi connectivity index (χ0n) is 15.7. The van der Waals surface area contributed by atoms with E-state index in [1.165, 1.54) is 6.07 Å². The van der Waals surface area contributed by atoms with Crippen molar-refractivity contribution in [3.8, 4) is 5.75 Å². The van der Waals surface area contributed by atoms with Gasteiger partial charge in [-0.3, -0.25) is 0 Å². The van der Waals surface area contributed by atoms with E-state index in [4.69, 9.17) is 10.5 Å². The molecule has 8 nitrogen and oxygen atoms in total. The van der Waals surface area contributed by atoms with Crippen LogP contribution in [0.2, 0.25) is 0 Å². The van der Waals surface area contributed by atoms with Gasteiger partial charge in [-0.1, -0.05) is 18.2 Å². The lowest BCUT2D eigenvalue weighted by atomic mass is 10.0. The molecule has 0 saturated carbocycles. The Morgan fingerprint density at radius 3 is 2.54 bits per heavy atom. The number of fused-ring (bicyclic) bond motifs is 1. The van der Waals surface area contributed by atoms with E-state index in [9.17, 15) is 9.90 Å². The molecule has 0 amide bonds. The van der Waals surface area contributed by atoms with Crippen molar-refractivity contribution in [2.45, 2.75) is 13.8 Å². The number of hydrogen-bond acceptors (Lipinski definition) is 5. The standard InChI is InChI=1S/C20H19N5O3/c1-11(14-6-4-5-7-15(14)18(26)27)22-19(21)25-20-23-12(2)16-10-13(28-3)8-9-17(16)24-20/h4-10H,1-3H3,(H,26,27)(H2,21,23,24,25)/b22-11+. The molecule has 0 aliphatic heterocycles. The van der Waals surface area contributed by atoms with E-state index in [0.717, 1.165) is 11.1 Å². The van der Waals surface area contributed by atoms with Crippen molar-refractivity contribution in [1.29, 1.82) is 0 Å². The average Bonchev–Trinajstić information content (AvgIpc) is 2.67. The molecule has 28 heavy (non-hydrogen) atoms. The first-order valence-corrected chi connectivity index (χ1v) is 8.43. The fourth-order valence-corrected chi connectivity index (χ4v) is 2.77. The number of ether oxygens (including phenoxy) is 1. The van der Waals surface area contributed by atoms with Crippen LogP contribution in [0.5, 0.6) is 5.75 Å². The van der Waals surface area contributed by atoms with Gasteiger partial charge < -0.3 is 15.6 Å². The van der Waals surface area contributed by atoms with Gasteiger partial charge in [0.1, 0.15) is 5.75 Å². The highest BCUT2D eigenvalue weighted by atomic mass is 16.5. The van der Waals surface area contributed by atoms with E-state index in [-0.39, 0.29) is 17.5 Å². The predicted octanol–water partition coefficient (Wildman–Crippen LogP) is 3.10. The molecular weight excluding hydrogens is 358 g/mol. The number of hydrogen-bond donors (Lipinski definition) is 2. The first-order chi connectivity index (χ1) is 13.4. The Kier molecular flexibility index (Phi) is 5.30. The van der Waals surface area contributed by atoms with Gasteiger partial charge in [-0.2, -0.15) is 4.99 Å². The van der Waals surface area contributed by atoms with Crippen LogP contribution in [0.3, 0.4) is 0 Å². The molecule has 0 atom stereocenters. The third kappa shape index (κ3) is 3.96. The summed E-state index contributed by atoms with van der Waals surface area (Å²) in [5, 5.41) is 10.2.